The Balaban J connectivity index is 1.49. The average molecular weight is 356 g/mol. The molecular weight excluding hydrogens is 336 g/mol. The second-order valence-corrected chi connectivity index (χ2v) is 6.45. The first-order valence-electron chi connectivity index (χ1n) is 8.84. The fraction of sp³-hybridized carbons (Fsp3) is 0.136. The lowest BCUT2D eigenvalue weighted by Gasteiger charge is -2.06. The Kier molecular flexibility index (Phi) is 4.66. The van der Waals surface area contributed by atoms with Crippen LogP contribution in [0.1, 0.15) is 22.5 Å². The molecule has 0 atom stereocenters. The minimum absolute atomic E-state index is 0.686. The van der Waals surface area contributed by atoms with Crippen molar-refractivity contribution >= 4 is 0 Å². The van der Waals surface area contributed by atoms with E-state index in [-0.39, 0.29) is 0 Å². The van der Waals surface area contributed by atoms with Gasteiger partial charge in [0.15, 0.2) is 5.82 Å². The number of nitrogens with one attached hydrogen (secondary N) is 1. The van der Waals surface area contributed by atoms with Crippen molar-refractivity contribution in [1.82, 2.24) is 20.2 Å². The quantitative estimate of drug-likeness (QED) is 0.554. The number of aromatic nitrogens is 4. The maximum Gasteiger partial charge on any atom is 0.181 e. The Morgan fingerprint density at radius 2 is 1.63 bits per heavy atom. The zero-order valence-corrected chi connectivity index (χ0v) is 15.3. The zero-order chi connectivity index (χ0) is 18.6. The number of rotatable bonds is 5. The standard InChI is InChI=1S/C22H20N4O/c1-15-4-3-5-18(16(15)2)14-21-24-22(26-25-21)17-6-8-19(9-7-17)27-20-10-12-23-13-11-20/h3-13H,14H2,1-2H3,(H,24,25,26). The van der Waals surface area contributed by atoms with E-state index < -0.39 is 0 Å². The molecule has 27 heavy (non-hydrogen) atoms. The molecule has 0 unspecified atom stereocenters. The largest absolute Gasteiger partial charge is 0.457 e. The van der Waals surface area contributed by atoms with Gasteiger partial charge in [0, 0.05) is 24.4 Å². The molecule has 134 valence electrons. The lowest BCUT2D eigenvalue weighted by Crippen LogP contribution is -1.95. The number of hydrogen-bond acceptors (Lipinski definition) is 4. The molecule has 0 fully saturated rings. The van der Waals surface area contributed by atoms with E-state index in [1.807, 2.05) is 36.4 Å². The van der Waals surface area contributed by atoms with Crippen LogP contribution in [0.2, 0.25) is 0 Å². The summed E-state index contributed by atoms with van der Waals surface area (Å²) in [5.41, 5.74) is 4.80. The van der Waals surface area contributed by atoms with E-state index in [4.69, 9.17) is 4.74 Å². The molecule has 0 bridgehead atoms. The molecule has 5 nitrogen and oxygen atoms in total. The summed E-state index contributed by atoms with van der Waals surface area (Å²) in [5, 5.41) is 7.42. The number of benzene rings is 2. The number of aryl methyl sites for hydroxylation is 1. The van der Waals surface area contributed by atoms with E-state index in [0.717, 1.165) is 29.3 Å². The topological polar surface area (TPSA) is 63.7 Å². The lowest BCUT2D eigenvalue weighted by molar-refractivity contribution is 0.482. The highest BCUT2D eigenvalue weighted by atomic mass is 16.5. The van der Waals surface area contributed by atoms with Crippen LogP contribution in [0.5, 0.6) is 11.5 Å². The van der Waals surface area contributed by atoms with E-state index in [1.165, 1.54) is 16.7 Å². The van der Waals surface area contributed by atoms with Crippen LogP contribution in [0.4, 0.5) is 0 Å². The van der Waals surface area contributed by atoms with Gasteiger partial charge in [-0.1, -0.05) is 18.2 Å². The van der Waals surface area contributed by atoms with Gasteiger partial charge in [0.05, 0.1) is 0 Å². The van der Waals surface area contributed by atoms with Gasteiger partial charge in [0.25, 0.3) is 0 Å². The van der Waals surface area contributed by atoms with Crippen LogP contribution in [0.3, 0.4) is 0 Å². The molecule has 2 aromatic heterocycles. The van der Waals surface area contributed by atoms with Crippen molar-refractivity contribution in [3.63, 3.8) is 0 Å². The van der Waals surface area contributed by atoms with E-state index in [0.29, 0.717) is 5.82 Å². The Bertz CT molecular complexity index is 1040. The molecule has 0 radical (unpaired) electrons. The van der Waals surface area contributed by atoms with Crippen molar-refractivity contribution in [1.29, 1.82) is 0 Å². The first-order valence-corrected chi connectivity index (χ1v) is 8.84. The van der Waals surface area contributed by atoms with E-state index >= 15 is 0 Å². The SMILES string of the molecule is Cc1cccc(Cc2nc(-c3ccc(Oc4ccncc4)cc3)n[nH]2)c1C. The van der Waals surface area contributed by atoms with Gasteiger partial charge in [0.2, 0.25) is 0 Å². The predicted molar refractivity (Wildman–Crippen MR) is 105 cm³/mol. The van der Waals surface area contributed by atoms with Gasteiger partial charge >= 0.3 is 0 Å². The Morgan fingerprint density at radius 3 is 2.41 bits per heavy atom. The summed E-state index contributed by atoms with van der Waals surface area (Å²) in [6.45, 7) is 4.27. The van der Waals surface area contributed by atoms with Crippen molar-refractivity contribution in [3.8, 4) is 22.9 Å². The van der Waals surface area contributed by atoms with Crippen LogP contribution in [0.25, 0.3) is 11.4 Å². The molecule has 1 N–H and O–H groups in total. The number of nitrogens with zero attached hydrogens (tertiary/aromatic N) is 3. The lowest BCUT2D eigenvalue weighted by atomic mass is 10.0. The normalized spacial score (nSPS) is 10.7. The zero-order valence-electron chi connectivity index (χ0n) is 15.3. The highest BCUT2D eigenvalue weighted by Gasteiger charge is 2.09. The summed E-state index contributed by atoms with van der Waals surface area (Å²) in [6, 6.07) is 17.7. The van der Waals surface area contributed by atoms with Gasteiger partial charge in [-0.15, -0.1) is 0 Å². The Morgan fingerprint density at radius 1 is 0.889 bits per heavy atom. The van der Waals surface area contributed by atoms with Crippen molar-refractivity contribution in [2.24, 2.45) is 0 Å². The minimum Gasteiger partial charge on any atom is -0.457 e. The summed E-state index contributed by atoms with van der Waals surface area (Å²) in [5.74, 6) is 3.06. The molecule has 0 spiro atoms. The van der Waals surface area contributed by atoms with Crippen LogP contribution >= 0.6 is 0 Å². The minimum atomic E-state index is 0.686. The number of aromatic amines is 1. The van der Waals surface area contributed by atoms with Gasteiger partial charge in [-0.05, 0) is 66.9 Å². The summed E-state index contributed by atoms with van der Waals surface area (Å²) in [6.07, 6.45) is 4.15. The maximum absolute atomic E-state index is 5.79. The fourth-order valence-corrected chi connectivity index (χ4v) is 2.90. The van der Waals surface area contributed by atoms with Crippen molar-refractivity contribution in [2.45, 2.75) is 20.3 Å². The van der Waals surface area contributed by atoms with Crippen LogP contribution in [-0.2, 0) is 6.42 Å². The molecule has 2 heterocycles. The van der Waals surface area contributed by atoms with Gasteiger partial charge in [-0.3, -0.25) is 10.1 Å². The molecule has 0 aliphatic rings. The number of H-pyrrole nitrogens is 1. The van der Waals surface area contributed by atoms with Gasteiger partial charge in [-0.2, -0.15) is 5.10 Å². The Hall–Kier alpha value is -3.47. The van der Waals surface area contributed by atoms with Crippen molar-refractivity contribution < 1.29 is 4.74 Å². The number of hydrogen-bond donors (Lipinski definition) is 1. The van der Waals surface area contributed by atoms with Crippen molar-refractivity contribution in [2.75, 3.05) is 0 Å². The third kappa shape index (κ3) is 3.87. The molecule has 0 saturated heterocycles. The molecule has 0 amide bonds. The molecule has 5 heteroatoms. The van der Waals surface area contributed by atoms with E-state index in [9.17, 15) is 0 Å². The van der Waals surface area contributed by atoms with Crippen LogP contribution in [-0.4, -0.2) is 20.2 Å². The smallest absolute Gasteiger partial charge is 0.181 e. The van der Waals surface area contributed by atoms with Gasteiger partial charge in [-0.25, -0.2) is 4.98 Å². The predicted octanol–water partition coefficient (Wildman–Crippen LogP) is 4.87. The van der Waals surface area contributed by atoms with Gasteiger partial charge < -0.3 is 4.74 Å². The summed E-state index contributed by atoms with van der Waals surface area (Å²) in [7, 11) is 0. The highest BCUT2D eigenvalue weighted by Crippen LogP contribution is 2.24. The molecule has 4 rings (SSSR count). The molecule has 2 aromatic carbocycles. The fourth-order valence-electron chi connectivity index (χ4n) is 2.90. The third-order valence-electron chi connectivity index (χ3n) is 4.60. The average Bonchev–Trinajstić information content (AvgIpc) is 3.15. The van der Waals surface area contributed by atoms with Crippen LogP contribution in [0, 0.1) is 13.8 Å². The monoisotopic (exact) mass is 356 g/mol. The van der Waals surface area contributed by atoms with Crippen LogP contribution < -0.4 is 4.74 Å². The van der Waals surface area contributed by atoms with Gasteiger partial charge in [0.1, 0.15) is 17.3 Å². The molecule has 4 aromatic rings. The first-order chi connectivity index (χ1) is 13.2. The second-order valence-electron chi connectivity index (χ2n) is 6.45. The Labute approximate surface area is 158 Å². The van der Waals surface area contributed by atoms with Crippen molar-refractivity contribution in [3.05, 3.63) is 89.5 Å². The van der Waals surface area contributed by atoms with Crippen LogP contribution in [0.15, 0.2) is 67.0 Å². The highest BCUT2D eigenvalue weighted by molar-refractivity contribution is 5.56. The maximum atomic E-state index is 5.79. The summed E-state index contributed by atoms with van der Waals surface area (Å²) in [4.78, 5) is 8.63. The first kappa shape index (κ1) is 17.0. The molecule has 0 aliphatic carbocycles. The number of pyridine rings is 1. The summed E-state index contributed by atoms with van der Waals surface area (Å²) >= 11 is 0. The second kappa shape index (κ2) is 7.41. The molecule has 0 saturated carbocycles. The number of ether oxygens (including phenoxy) is 1. The summed E-state index contributed by atoms with van der Waals surface area (Å²) < 4.78 is 5.79. The molecular formula is C22H20N4O. The van der Waals surface area contributed by atoms with E-state index in [2.05, 4.69) is 52.2 Å². The van der Waals surface area contributed by atoms with E-state index in [1.54, 1.807) is 12.4 Å². The third-order valence-corrected chi connectivity index (χ3v) is 4.60. The molecule has 0 aliphatic heterocycles.